The molecule has 0 atom stereocenters. The number of hydrogen-bond acceptors (Lipinski definition) is 6. The van der Waals surface area contributed by atoms with Crippen molar-refractivity contribution in [2.24, 2.45) is 0 Å². The zero-order valence-electron chi connectivity index (χ0n) is 22.4. The fraction of sp³-hybridized carbons (Fsp3) is 0.188. The number of benzene rings is 3. The van der Waals surface area contributed by atoms with Gasteiger partial charge in [-0.05, 0) is 66.8 Å². The van der Waals surface area contributed by atoms with Gasteiger partial charge in [-0.15, -0.1) is 11.3 Å². The zero-order chi connectivity index (χ0) is 27.8. The largest absolute Gasteiger partial charge is 0.493 e. The van der Waals surface area contributed by atoms with E-state index in [-0.39, 0.29) is 12.5 Å². The minimum atomic E-state index is -0.470. The lowest BCUT2D eigenvalue weighted by atomic mass is 9.99. The Balaban J connectivity index is 1.50. The van der Waals surface area contributed by atoms with Crippen LogP contribution in [0.5, 0.6) is 11.5 Å². The van der Waals surface area contributed by atoms with Crippen LogP contribution in [0, 0.1) is 13.8 Å². The molecule has 7 heteroatoms. The van der Waals surface area contributed by atoms with Gasteiger partial charge in [0.25, 0.3) is 0 Å². The third-order valence-electron chi connectivity index (χ3n) is 6.18. The molecule has 0 aliphatic rings. The van der Waals surface area contributed by atoms with Crippen molar-refractivity contribution >= 4 is 34.3 Å². The Morgan fingerprint density at radius 2 is 1.74 bits per heavy atom. The molecule has 39 heavy (non-hydrogen) atoms. The van der Waals surface area contributed by atoms with Crippen LogP contribution in [0.15, 0.2) is 78.2 Å². The summed E-state index contributed by atoms with van der Waals surface area (Å²) in [5, 5.41) is 5.16. The van der Waals surface area contributed by atoms with Gasteiger partial charge in [0, 0.05) is 17.0 Å². The standard InChI is InChI=1S/C32H31NO5S/c1-5-37-32(35)30-26(25-14-11-21(2)22(3)17-25)20-39-31(30)33-29(34)16-13-23-12-15-27(28(18-23)36-4)38-19-24-9-7-6-8-10-24/h6-18,20H,5,19H2,1-4H3,(H,33,34). The number of rotatable bonds is 10. The molecule has 0 saturated heterocycles. The van der Waals surface area contributed by atoms with E-state index in [1.807, 2.05) is 79.9 Å². The summed E-state index contributed by atoms with van der Waals surface area (Å²) in [4.78, 5) is 25.7. The molecule has 0 unspecified atom stereocenters. The average molecular weight is 542 g/mol. The highest BCUT2D eigenvalue weighted by molar-refractivity contribution is 7.15. The number of carbonyl (C=O) groups excluding carboxylic acids is 2. The van der Waals surface area contributed by atoms with Gasteiger partial charge >= 0.3 is 5.97 Å². The monoisotopic (exact) mass is 541 g/mol. The molecule has 1 amide bonds. The molecule has 3 aromatic carbocycles. The number of nitrogens with one attached hydrogen (secondary N) is 1. The molecule has 1 heterocycles. The summed E-state index contributed by atoms with van der Waals surface area (Å²) in [7, 11) is 1.58. The van der Waals surface area contributed by atoms with Crippen molar-refractivity contribution in [1.82, 2.24) is 0 Å². The van der Waals surface area contributed by atoms with Crippen LogP contribution in [0.1, 0.15) is 39.5 Å². The topological polar surface area (TPSA) is 73.9 Å². The minimum absolute atomic E-state index is 0.237. The second-order valence-corrected chi connectivity index (χ2v) is 9.76. The van der Waals surface area contributed by atoms with Gasteiger partial charge in [-0.2, -0.15) is 0 Å². The number of carbonyl (C=O) groups is 2. The summed E-state index contributed by atoms with van der Waals surface area (Å²) in [5.41, 5.74) is 6.09. The van der Waals surface area contributed by atoms with Gasteiger partial charge in [0.2, 0.25) is 5.91 Å². The molecular formula is C32H31NO5S. The van der Waals surface area contributed by atoms with Gasteiger partial charge in [0.1, 0.15) is 17.2 Å². The quantitative estimate of drug-likeness (QED) is 0.167. The first-order valence-corrected chi connectivity index (χ1v) is 13.5. The smallest absolute Gasteiger partial charge is 0.341 e. The molecule has 0 bridgehead atoms. The maximum atomic E-state index is 12.9. The normalized spacial score (nSPS) is 10.9. The third-order valence-corrected chi connectivity index (χ3v) is 7.07. The van der Waals surface area contributed by atoms with E-state index in [0.29, 0.717) is 28.7 Å². The molecule has 0 fully saturated rings. The van der Waals surface area contributed by atoms with Crippen LogP contribution < -0.4 is 14.8 Å². The van der Waals surface area contributed by atoms with E-state index in [9.17, 15) is 9.59 Å². The van der Waals surface area contributed by atoms with Crippen LogP contribution in [-0.4, -0.2) is 25.6 Å². The first-order valence-electron chi connectivity index (χ1n) is 12.6. The molecule has 1 aromatic heterocycles. The highest BCUT2D eigenvalue weighted by Crippen LogP contribution is 2.37. The first-order chi connectivity index (χ1) is 18.9. The Morgan fingerprint density at radius 3 is 2.46 bits per heavy atom. The summed E-state index contributed by atoms with van der Waals surface area (Å²) in [6.07, 6.45) is 3.10. The van der Waals surface area contributed by atoms with E-state index in [0.717, 1.165) is 33.4 Å². The molecule has 200 valence electrons. The summed E-state index contributed by atoms with van der Waals surface area (Å²) < 4.78 is 16.7. The highest BCUT2D eigenvalue weighted by atomic mass is 32.1. The zero-order valence-corrected chi connectivity index (χ0v) is 23.3. The number of aryl methyl sites for hydroxylation is 2. The number of ether oxygens (including phenoxy) is 3. The van der Waals surface area contributed by atoms with Crippen molar-refractivity contribution in [3.8, 4) is 22.6 Å². The van der Waals surface area contributed by atoms with Gasteiger partial charge < -0.3 is 19.5 Å². The molecular weight excluding hydrogens is 510 g/mol. The molecule has 4 rings (SSSR count). The number of esters is 1. The number of methoxy groups -OCH3 is 1. The van der Waals surface area contributed by atoms with Gasteiger partial charge in [0.15, 0.2) is 11.5 Å². The Kier molecular flexibility index (Phi) is 9.18. The highest BCUT2D eigenvalue weighted by Gasteiger charge is 2.22. The van der Waals surface area contributed by atoms with Gasteiger partial charge in [0.05, 0.1) is 13.7 Å². The maximum Gasteiger partial charge on any atom is 0.341 e. The molecule has 0 aliphatic heterocycles. The summed E-state index contributed by atoms with van der Waals surface area (Å²) >= 11 is 1.29. The van der Waals surface area contributed by atoms with Crippen molar-refractivity contribution in [2.75, 3.05) is 19.0 Å². The number of anilines is 1. The molecule has 0 saturated carbocycles. The second-order valence-electron chi connectivity index (χ2n) is 8.88. The summed E-state index contributed by atoms with van der Waals surface area (Å²) in [6.45, 7) is 6.48. The Morgan fingerprint density at radius 1 is 0.949 bits per heavy atom. The van der Waals surface area contributed by atoms with Gasteiger partial charge in [-0.1, -0.05) is 54.6 Å². The van der Waals surface area contributed by atoms with E-state index in [2.05, 4.69) is 5.32 Å². The number of amides is 1. The summed E-state index contributed by atoms with van der Waals surface area (Å²) in [5.74, 6) is 0.341. The lowest BCUT2D eigenvalue weighted by Crippen LogP contribution is -2.12. The molecule has 4 aromatic rings. The van der Waals surface area contributed by atoms with Crippen molar-refractivity contribution in [3.63, 3.8) is 0 Å². The van der Waals surface area contributed by atoms with Crippen molar-refractivity contribution in [1.29, 1.82) is 0 Å². The molecule has 1 N–H and O–H groups in total. The van der Waals surface area contributed by atoms with Crippen LogP contribution in [0.25, 0.3) is 17.2 Å². The molecule has 0 aliphatic carbocycles. The van der Waals surface area contributed by atoms with Crippen LogP contribution in [0.3, 0.4) is 0 Å². The number of hydrogen-bond donors (Lipinski definition) is 1. The minimum Gasteiger partial charge on any atom is -0.493 e. The number of thiophene rings is 1. The molecule has 6 nitrogen and oxygen atoms in total. The molecule has 0 radical (unpaired) electrons. The van der Waals surface area contributed by atoms with Gasteiger partial charge in [-0.3, -0.25) is 4.79 Å². The fourth-order valence-electron chi connectivity index (χ4n) is 3.95. The van der Waals surface area contributed by atoms with Crippen LogP contribution in [0.2, 0.25) is 0 Å². The van der Waals surface area contributed by atoms with Gasteiger partial charge in [-0.25, -0.2) is 4.79 Å². The SMILES string of the molecule is CCOC(=O)c1c(-c2ccc(C)c(C)c2)csc1NC(=O)C=Cc1ccc(OCc2ccccc2)c(OC)c1. The predicted octanol–water partition coefficient (Wildman–Crippen LogP) is 7.45. The van der Waals surface area contributed by atoms with E-state index in [1.54, 1.807) is 26.2 Å². The fourth-order valence-corrected chi connectivity index (χ4v) is 4.91. The maximum absolute atomic E-state index is 12.9. The average Bonchev–Trinajstić information content (AvgIpc) is 3.36. The predicted molar refractivity (Wildman–Crippen MR) is 157 cm³/mol. The second kappa shape index (κ2) is 12.9. The lowest BCUT2D eigenvalue weighted by molar-refractivity contribution is -0.111. The van der Waals surface area contributed by atoms with Crippen LogP contribution in [0.4, 0.5) is 5.00 Å². The van der Waals surface area contributed by atoms with E-state index < -0.39 is 5.97 Å². The Hall–Kier alpha value is -4.36. The van der Waals surface area contributed by atoms with Crippen molar-refractivity contribution in [3.05, 3.63) is 106 Å². The summed E-state index contributed by atoms with van der Waals surface area (Å²) in [6, 6.07) is 21.4. The van der Waals surface area contributed by atoms with Crippen molar-refractivity contribution in [2.45, 2.75) is 27.4 Å². The van der Waals surface area contributed by atoms with E-state index >= 15 is 0 Å². The van der Waals surface area contributed by atoms with Crippen LogP contribution in [-0.2, 0) is 16.1 Å². The first kappa shape index (κ1) is 27.7. The lowest BCUT2D eigenvalue weighted by Gasteiger charge is -2.11. The Bertz CT molecular complexity index is 1490. The third kappa shape index (κ3) is 6.94. The van der Waals surface area contributed by atoms with E-state index in [4.69, 9.17) is 14.2 Å². The Labute approximate surface area is 232 Å². The molecule has 0 spiro atoms. The van der Waals surface area contributed by atoms with E-state index in [1.165, 1.54) is 17.4 Å². The van der Waals surface area contributed by atoms with Crippen molar-refractivity contribution < 1.29 is 23.8 Å². The van der Waals surface area contributed by atoms with Crippen LogP contribution >= 0.6 is 11.3 Å².